The number of anilines is 1. The standard InChI is InChI=1S/C23H21N7O/c1-13-7-4-5-10-17(13)30-18(29-16-9-6-8-14(2)19(16)23(30)31)11-24-21-20-22(26-12-25-20)28-15(3)27-21/h4-10,12H,11H2,1-3H3,(H2,24,25,26,27,28). The zero-order valence-electron chi connectivity index (χ0n) is 17.5. The summed E-state index contributed by atoms with van der Waals surface area (Å²) in [6.07, 6.45) is 1.59. The molecule has 5 rings (SSSR count). The largest absolute Gasteiger partial charge is 0.361 e. The van der Waals surface area contributed by atoms with Crippen LogP contribution in [0.4, 0.5) is 5.82 Å². The lowest BCUT2D eigenvalue weighted by Gasteiger charge is -2.17. The van der Waals surface area contributed by atoms with Crippen LogP contribution in [-0.4, -0.2) is 29.5 Å². The fraction of sp³-hybridized carbons (Fsp3) is 0.174. The summed E-state index contributed by atoms with van der Waals surface area (Å²) >= 11 is 0. The van der Waals surface area contributed by atoms with E-state index >= 15 is 0 Å². The average molecular weight is 411 g/mol. The molecular formula is C23H21N7O. The first-order valence-corrected chi connectivity index (χ1v) is 10.0. The van der Waals surface area contributed by atoms with Crippen LogP contribution in [0.3, 0.4) is 0 Å². The van der Waals surface area contributed by atoms with Crippen LogP contribution >= 0.6 is 0 Å². The highest BCUT2D eigenvalue weighted by Crippen LogP contribution is 2.21. The minimum absolute atomic E-state index is 0.0836. The van der Waals surface area contributed by atoms with Gasteiger partial charge in [-0.25, -0.2) is 19.9 Å². The van der Waals surface area contributed by atoms with E-state index in [1.54, 1.807) is 10.9 Å². The highest BCUT2D eigenvalue weighted by Gasteiger charge is 2.16. The highest BCUT2D eigenvalue weighted by atomic mass is 16.1. The Morgan fingerprint density at radius 2 is 1.77 bits per heavy atom. The second kappa shape index (κ2) is 7.32. The maximum atomic E-state index is 13.6. The van der Waals surface area contributed by atoms with Gasteiger partial charge in [0.25, 0.3) is 5.56 Å². The number of aromatic nitrogens is 6. The molecule has 3 aromatic heterocycles. The molecule has 0 aliphatic rings. The Kier molecular flexibility index (Phi) is 4.47. The van der Waals surface area contributed by atoms with Gasteiger partial charge in [-0.1, -0.05) is 30.3 Å². The topological polar surface area (TPSA) is 101 Å². The van der Waals surface area contributed by atoms with Crippen LogP contribution in [0.1, 0.15) is 22.8 Å². The van der Waals surface area contributed by atoms with E-state index in [2.05, 4.69) is 25.3 Å². The van der Waals surface area contributed by atoms with Crippen LogP contribution in [0.25, 0.3) is 27.8 Å². The minimum atomic E-state index is -0.0836. The van der Waals surface area contributed by atoms with Crippen molar-refractivity contribution in [2.45, 2.75) is 27.3 Å². The lowest BCUT2D eigenvalue weighted by atomic mass is 10.1. The smallest absolute Gasteiger partial charge is 0.266 e. The van der Waals surface area contributed by atoms with Crippen LogP contribution in [-0.2, 0) is 6.54 Å². The number of hydrogen-bond acceptors (Lipinski definition) is 6. The van der Waals surface area contributed by atoms with E-state index in [1.165, 1.54) is 0 Å². The van der Waals surface area contributed by atoms with E-state index in [9.17, 15) is 4.79 Å². The van der Waals surface area contributed by atoms with Gasteiger partial charge in [-0.15, -0.1) is 0 Å². The lowest BCUT2D eigenvalue weighted by Crippen LogP contribution is -2.26. The average Bonchev–Trinajstić information content (AvgIpc) is 3.21. The molecule has 0 fully saturated rings. The summed E-state index contributed by atoms with van der Waals surface area (Å²) in [7, 11) is 0. The van der Waals surface area contributed by atoms with Crippen molar-refractivity contribution in [1.82, 2.24) is 29.5 Å². The van der Waals surface area contributed by atoms with Gasteiger partial charge in [0, 0.05) is 0 Å². The van der Waals surface area contributed by atoms with Crippen molar-refractivity contribution in [3.63, 3.8) is 0 Å². The molecule has 0 aliphatic carbocycles. The molecular weight excluding hydrogens is 390 g/mol. The second-order valence-corrected chi connectivity index (χ2v) is 7.50. The predicted molar refractivity (Wildman–Crippen MR) is 121 cm³/mol. The number of aryl methyl sites for hydroxylation is 3. The number of nitrogens with zero attached hydrogens (tertiary/aromatic N) is 5. The first-order valence-electron chi connectivity index (χ1n) is 10.0. The molecule has 3 heterocycles. The molecule has 2 aromatic carbocycles. The van der Waals surface area contributed by atoms with E-state index < -0.39 is 0 Å². The Labute approximate surface area is 178 Å². The van der Waals surface area contributed by atoms with Gasteiger partial charge >= 0.3 is 0 Å². The lowest BCUT2D eigenvalue weighted by molar-refractivity contribution is 0.830. The molecule has 8 heteroatoms. The summed E-state index contributed by atoms with van der Waals surface area (Å²) in [4.78, 5) is 34.6. The first kappa shape index (κ1) is 18.9. The second-order valence-electron chi connectivity index (χ2n) is 7.50. The molecule has 0 aliphatic heterocycles. The zero-order chi connectivity index (χ0) is 21.5. The van der Waals surface area contributed by atoms with E-state index in [0.717, 1.165) is 16.8 Å². The monoisotopic (exact) mass is 411 g/mol. The van der Waals surface area contributed by atoms with E-state index in [1.807, 2.05) is 63.2 Å². The summed E-state index contributed by atoms with van der Waals surface area (Å²) in [5.74, 6) is 1.83. The fourth-order valence-corrected chi connectivity index (χ4v) is 3.86. The van der Waals surface area contributed by atoms with Crippen molar-refractivity contribution in [1.29, 1.82) is 0 Å². The maximum absolute atomic E-state index is 13.6. The van der Waals surface area contributed by atoms with Crippen molar-refractivity contribution >= 4 is 27.9 Å². The predicted octanol–water partition coefficient (Wildman–Crippen LogP) is 3.59. The van der Waals surface area contributed by atoms with Gasteiger partial charge in [0.1, 0.15) is 17.2 Å². The molecule has 0 spiro atoms. The Balaban J connectivity index is 1.69. The number of H-pyrrole nitrogens is 1. The highest BCUT2D eigenvalue weighted by molar-refractivity contribution is 5.83. The molecule has 154 valence electrons. The number of nitrogens with one attached hydrogen (secondary N) is 2. The van der Waals surface area contributed by atoms with Crippen molar-refractivity contribution in [2.24, 2.45) is 0 Å². The molecule has 0 radical (unpaired) electrons. The minimum Gasteiger partial charge on any atom is -0.361 e. The van der Waals surface area contributed by atoms with Crippen LogP contribution in [0, 0.1) is 20.8 Å². The molecule has 8 nitrogen and oxygen atoms in total. The van der Waals surface area contributed by atoms with Gasteiger partial charge in [-0.2, -0.15) is 0 Å². The summed E-state index contributed by atoms with van der Waals surface area (Å²) in [6.45, 7) is 6.05. The zero-order valence-corrected chi connectivity index (χ0v) is 17.5. The third kappa shape index (κ3) is 3.22. The summed E-state index contributed by atoms with van der Waals surface area (Å²) in [5.41, 5.74) is 4.61. The van der Waals surface area contributed by atoms with E-state index in [0.29, 0.717) is 46.1 Å². The molecule has 0 atom stereocenters. The molecule has 0 saturated heterocycles. The summed E-state index contributed by atoms with van der Waals surface area (Å²) in [5, 5.41) is 3.95. The van der Waals surface area contributed by atoms with Crippen molar-refractivity contribution in [2.75, 3.05) is 5.32 Å². The first-order chi connectivity index (χ1) is 15.0. The fourth-order valence-electron chi connectivity index (χ4n) is 3.86. The van der Waals surface area contributed by atoms with Crippen molar-refractivity contribution < 1.29 is 0 Å². The Hall–Kier alpha value is -4.07. The molecule has 0 bridgehead atoms. The van der Waals surface area contributed by atoms with E-state index in [-0.39, 0.29) is 5.56 Å². The molecule has 0 saturated carbocycles. The molecule has 31 heavy (non-hydrogen) atoms. The number of fused-ring (bicyclic) bond motifs is 2. The molecule has 0 amide bonds. The normalized spacial score (nSPS) is 11.3. The number of hydrogen-bond donors (Lipinski definition) is 2. The van der Waals surface area contributed by atoms with Crippen LogP contribution in [0.15, 0.2) is 53.6 Å². The third-order valence-corrected chi connectivity index (χ3v) is 5.34. The van der Waals surface area contributed by atoms with E-state index in [4.69, 9.17) is 4.98 Å². The van der Waals surface area contributed by atoms with Gasteiger partial charge in [0.2, 0.25) is 0 Å². The van der Waals surface area contributed by atoms with Crippen LogP contribution in [0.5, 0.6) is 0 Å². The number of aromatic amines is 1. The Bertz CT molecular complexity index is 1500. The van der Waals surface area contributed by atoms with Gasteiger partial charge in [0.05, 0.1) is 29.5 Å². The number of para-hydroxylation sites is 1. The Morgan fingerprint density at radius 3 is 2.61 bits per heavy atom. The van der Waals surface area contributed by atoms with Crippen LogP contribution < -0.4 is 10.9 Å². The van der Waals surface area contributed by atoms with Gasteiger partial charge in [0.15, 0.2) is 11.5 Å². The molecule has 0 unspecified atom stereocenters. The molecule has 2 N–H and O–H groups in total. The Morgan fingerprint density at radius 1 is 0.968 bits per heavy atom. The molecule has 5 aromatic rings. The van der Waals surface area contributed by atoms with Gasteiger partial charge in [-0.05, 0) is 44.0 Å². The quantitative estimate of drug-likeness (QED) is 0.469. The van der Waals surface area contributed by atoms with Crippen LogP contribution in [0.2, 0.25) is 0 Å². The van der Waals surface area contributed by atoms with Crippen molar-refractivity contribution in [3.8, 4) is 5.69 Å². The van der Waals surface area contributed by atoms with Gasteiger partial charge in [-0.3, -0.25) is 9.36 Å². The number of benzene rings is 2. The summed E-state index contributed by atoms with van der Waals surface area (Å²) in [6, 6.07) is 13.5. The number of imidazole rings is 1. The van der Waals surface area contributed by atoms with Crippen molar-refractivity contribution in [3.05, 3.63) is 81.9 Å². The number of rotatable bonds is 4. The maximum Gasteiger partial charge on any atom is 0.266 e. The van der Waals surface area contributed by atoms with Gasteiger partial charge < -0.3 is 10.3 Å². The third-order valence-electron chi connectivity index (χ3n) is 5.34. The summed E-state index contributed by atoms with van der Waals surface area (Å²) < 4.78 is 1.69. The SMILES string of the molecule is Cc1nc(NCc2nc3cccc(C)c3c(=O)n2-c2ccccc2C)c2[nH]cnc2n1.